The van der Waals surface area contributed by atoms with Crippen LogP contribution in [0.1, 0.15) is 32.4 Å². The van der Waals surface area contributed by atoms with Crippen LogP contribution in [0.25, 0.3) is 0 Å². The summed E-state index contributed by atoms with van der Waals surface area (Å²) < 4.78 is 1.85. The number of anilines is 2. The van der Waals surface area contributed by atoms with Gasteiger partial charge in [-0.25, -0.2) is 0 Å². The van der Waals surface area contributed by atoms with Crippen molar-refractivity contribution in [2.75, 3.05) is 24.6 Å². The summed E-state index contributed by atoms with van der Waals surface area (Å²) in [4.78, 5) is 2.44. The Labute approximate surface area is 109 Å². The van der Waals surface area contributed by atoms with Crippen molar-refractivity contribution in [3.8, 4) is 0 Å². The Morgan fingerprint density at radius 3 is 2.72 bits per heavy atom. The molecule has 0 aromatic carbocycles. The zero-order valence-corrected chi connectivity index (χ0v) is 11.9. The molecule has 0 spiro atoms. The van der Waals surface area contributed by atoms with E-state index in [-0.39, 0.29) is 0 Å². The van der Waals surface area contributed by atoms with E-state index >= 15 is 0 Å². The van der Waals surface area contributed by atoms with E-state index in [4.69, 9.17) is 5.73 Å². The second-order valence-corrected chi connectivity index (χ2v) is 5.31. The predicted molar refractivity (Wildman–Crippen MR) is 75.7 cm³/mol. The molecule has 0 amide bonds. The molecule has 1 fully saturated rings. The molecule has 0 saturated heterocycles. The van der Waals surface area contributed by atoms with Crippen molar-refractivity contribution >= 4 is 11.5 Å². The molecule has 3 N–H and O–H groups in total. The first kappa shape index (κ1) is 13.2. The fraction of sp³-hybridized carbons (Fsp3) is 0.769. The van der Waals surface area contributed by atoms with Gasteiger partial charge in [-0.3, -0.25) is 9.58 Å². The Kier molecular flexibility index (Phi) is 3.80. The highest BCUT2D eigenvalue weighted by molar-refractivity contribution is 5.65. The molecule has 5 nitrogen and oxygen atoms in total. The lowest BCUT2D eigenvalue weighted by Crippen LogP contribution is -2.36. The normalized spacial score (nSPS) is 17.2. The fourth-order valence-corrected chi connectivity index (χ4v) is 2.30. The SMILES string of the molecule is CCc1nn(C)c(NCC(C)N(C)C2CC2)c1N. The highest BCUT2D eigenvalue weighted by Gasteiger charge is 2.29. The third-order valence-corrected chi connectivity index (χ3v) is 3.88. The Bertz CT molecular complexity index is 408. The van der Waals surface area contributed by atoms with Gasteiger partial charge in [0.2, 0.25) is 0 Å². The maximum absolute atomic E-state index is 6.09. The monoisotopic (exact) mass is 251 g/mol. The Hall–Kier alpha value is -1.23. The summed E-state index contributed by atoms with van der Waals surface area (Å²) in [6.07, 6.45) is 3.56. The van der Waals surface area contributed by atoms with Crippen LogP contribution in [-0.4, -0.2) is 40.4 Å². The van der Waals surface area contributed by atoms with Gasteiger partial charge < -0.3 is 11.1 Å². The number of aromatic nitrogens is 2. The van der Waals surface area contributed by atoms with Crippen molar-refractivity contribution in [2.24, 2.45) is 7.05 Å². The van der Waals surface area contributed by atoms with Crippen LogP contribution in [0.15, 0.2) is 0 Å². The van der Waals surface area contributed by atoms with Gasteiger partial charge in [-0.1, -0.05) is 6.92 Å². The van der Waals surface area contributed by atoms with Gasteiger partial charge in [0, 0.05) is 25.7 Å². The van der Waals surface area contributed by atoms with Crippen molar-refractivity contribution in [3.63, 3.8) is 0 Å². The summed E-state index contributed by atoms with van der Waals surface area (Å²) in [5.74, 6) is 0.947. The molecule has 0 bridgehead atoms. The summed E-state index contributed by atoms with van der Waals surface area (Å²) in [7, 11) is 4.14. The van der Waals surface area contributed by atoms with Crippen LogP contribution in [-0.2, 0) is 13.5 Å². The molecule has 1 aliphatic rings. The average Bonchev–Trinajstić information content (AvgIpc) is 3.14. The van der Waals surface area contributed by atoms with E-state index in [0.717, 1.165) is 36.2 Å². The van der Waals surface area contributed by atoms with Crippen molar-refractivity contribution in [1.29, 1.82) is 0 Å². The minimum absolute atomic E-state index is 0.511. The molecule has 1 atom stereocenters. The number of rotatable bonds is 6. The van der Waals surface area contributed by atoms with Gasteiger partial charge in [0.1, 0.15) is 5.82 Å². The Morgan fingerprint density at radius 2 is 2.22 bits per heavy atom. The molecule has 102 valence electrons. The summed E-state index contributed by atoms with van der Waals surface area (Å²) in [5.41, 5.74) is 7.86. The molecule has 1 aliphatic carbocycles. The van der Waals surface area contributed by atoms with Gasteiger partial charge in [0.25, 0.3) is 0 Å². The van der Waals surface area contributed by atoms with E-state index in [1.807, 2.05) is 11.7 Å². The van der Waals surface area contributed by atoms with E-state index in [0.29, 0.717) is 6.04 Å². The maximum Gasteiger partial charge on any atom is 0.147 e. The molecule has 1 aromatic heterocycles. The molecule has 1 aromatic rings. The van der Waals surface area contributed by atoms with Crippen LogP contribution in [0.3, 0.4) is 0 Å². The largest absolute Gasteiger partial charge is 0.394 e. The summed E-state index contributed by atoms with van der Waals surface area (Å²) in [5, 5.41) is 7.85. The molecule has 2 rings (SSSR count). The van der Waals surface area contributed by atoms with E-state index in [1.54, 1.807) is 0 Å². The van der Waals surface area contributed by atoms with Gasteiger partial charge >= 0.3 is 0 Å². The first-order chi connectivity index (χ1) is 8.54. The number of nitrogens with zero attached hydrogens (tertiary/aromatic N) is 3. The van der Waals surface area contributed by atoms with Crippen LogP contribution in [0.2, 0.25) is 0 Å². The number of likely N-dealkylation sites (N-methyl/N-ethyl adjacent to an activating group) is 1. The number of nitrogens with two attached hydrogens (primary N) is 1. The number of hydrogen-bond acceptors (Lipinski definition) is 4. The molecule has 0 aliphatic heterocycles. The molecular weight excluding hydrogens is 226 g/mol. The van der Waals surface area contributed by atoms with E-state index in [2.05, 4.69) is 36.2 Å². The van der Waals surface area contributed by atoms with Crippen LogP contribution >= 0.6 is 0 Å². The average molecular weight is 251 g/mol. The standard InChI is InChI=1S/C13H25N5/c1-5-11-12(14)13(18(4)16-11)15-8-9(2)17(3)10-6-7-10/h9-10,15H,5-8,14H2,1-4H3. The van der Waals surface area contributed by atoms with Gasteiger partial charge in [-0.15, -0.1) is 0 Å². The van der Waals surface area contributed by atoms with E-state index in [1.165, 1.54) is 12.8 Å². The topological polar surface area (TPSA) is 59.1 Å². The van der Waals surface area contributed by atoms with E-state index in [9.17, 15) is 0 Å². The van der Waals surface area contributed by atoms with Crippen LogP contribution < -0.4 is 11.1 Å². The fourth-order valence-electron chi connectivity index (χ4n) is 2.30. The molecule has 18 heavy (non-hydrogen) atoms. The van der Waals surface area contributed by atoms with Gasteiger partial charge in [0.15, 0.2) is 0 Å². The van der Waals surface area contributed by atoms with E-state index < -0.39 is 0 Å². The van der Waals surface area contributed by atoms with Crippen molar-refractivity contribution < 1.29 is 0 Å². The highest BCUT2D eigenvalue weighted by Crippen LogP contribution is 2.27. The quantitative estimate of drug-likeness (QED) is 0.803. The minimum atomic E-state index is 0.511. The van der Waals surface area contributed by atoms with Crippen LogP contribution in [0, 0.1) is 0 Å². The van der Waals surface area contributed by atoms with Gasteiger partial charge in [0.05, 0.1) is 11.4 Å². The second-order valence-electron chi connectivity index (χ2n) is 5.31. The number of hydrogen-bond donors (Lipinski definition) is 2. The van der Waals surface area contributed by atoms with Crippen molar-refractivity contribution in [2.45, 2.75) is 45.2 Å². The lowest BCUT2D eigenvalue weighted by atomic mass is 10.2. The predicted octanol–water partition coefficient (Wildman–Crippen LogP) is 1.46. The molecular formula is C13H25N5. The summed E-state index contributed by atoms with van der Waals surface area (Å²) >= 11 is 0. The smallest absolute Gasteiger partial charge is 0.147 e. The summed E-state index contributed by atoms with van der Waals surface area (Å²) in [6, 6.07) is 1.30. The Morgan fingerprint density at radius 1 is 1.56 bits per heavy atom. The third-order valence-electron chi connectivity index (χ3n) is 3.88. The second kappa shape index (κ2) is 5.18. The first-order valence-corrected chi connectivity index (χ1v) is 6.81. The zero-order valence-electron chi connectivity index (χ0n) is 11.9. The Balaban J connectivity index is 1.95. The van der Waals surface area contributed by atoms with Crippen molar-refractivity contribution in [3.05, 3.63) is 5.69 Å². The molecule has 0 radical (unpaired) electrons. The van der Waals surface area contributed by atoms with Crippen molar-refractivity contribution in [1.82, 2.24) is 14.7 Å². The molecule has 5 heteroatoms. The van der Waals surface area contributed by atoms with Crippen LogP contribution in [0.5, 0.6) is 0 Å². The minimum Gasteiger partial charge on any atom is -0.394 e. The highest BCUT2D eigenvalue weighted by atomic mass is 15.3. The van der Waals surface area contributed by atoms with Crippen LogP contribution in [0.4, 0.5) is 11.5 Å². The maximum atomic E-state index is 6.09. The van der Waals surface area contributed by atoms with Gasteiger partial charge in [-0.05, 0) is 33.2 Å². The number of nitrogen functional groups attached to an aromatic ring is 1. The first-order valence-electron chi connectivity index (χ1n) is 6.81. The molecule has 1 heterocycles. The zero-order chi connectivity index (χ0) is 13.3. The van der Waals surface area contributed by atoms with Gasteiger partial charge in [-0.2, -0.15) is 5.10 Å². The third kappa shape index (κ3) is 2.61. The summed E-state index contributed by atoms with van der Waals surface area (Å²) in [6.45, 7) is 5.23. The molecule has 1 saturated carbocycles. The lowest BCUT2D eigenvalue weighted by Gasteiger charge is -2.25. The number of aryl methyl sites for hydroxylation is 2. The molecule has 1 unspecified atom stereocenters. The number of nitrogens with one attached hydrogen (secondary N) is 1. The lowest BCUT2D eigenvalue weighted by molar-refractivity contribution is 0.257.